The van der Waals surface area contributed by atoms with E-state index in [1.807, 2.05) is 36.4 Å². The predicted molar refractivity (Wildman–Crippen MR) is 91.8 cm³/mol. The van der Waals surface area contributed by atoms with Gasteiger partial charge in [0.15, 0.2) is 5.43 Å². The molecule has 0 aliphatic heterocycles. The van der Waals surface area contributed by atoms with Crippen molar-refractivity contribution in [2.45, 2.75) is 6.42 Å². The average Bonchev–Trinajstić information content (AvgIpc) is 2.55. The van der Waals surface area contributed by atoms with Gasteiger partial charge in [0.05, 0.1) is 6.61 Å². The normalized spacial score (nSPS) is 10.8. The van der Waals surface area contributed by atoms with E-state index in [-0.39, 0.29) is 5.43 Å². The van der Waals surface area contributed by atoms with Crippen LogP contribution in [0.2, 0.25) is 0 Å². The summed E-state index contributed by atoms with van der Waals surface area (Å²) < 4.78 is 11.6. The number of alkyl halides is 1. The maximum atomic E-state index is 12.5. The molecule has 0 saturated carbocycles. The third-order valence-corrected chi connectivity index (χ3v) is 3.87. The van der Waals surface area contributed by atoms with E-state index in [2.05, 4.69) is 15.9 Å². The molecule has 0 N–H and O–H groups in total. The van der Waals surface area contributed by atoms with Gasteiger partial charge < -0.3 is 9.15 Å². The molecule has 0 aliphatic rings. The minimum Gasteiger partial charge on any atom is -0.493 e. The van der Waals surface area contributed by atoms with Gasteiger partial charge in [-0.25, -0.2) is 0 Å². The van der Waals surface area contributed by atoms with Crippen LogP contribution in [-0.4, -0.2) is 11.9 Å². The van der Waals surface area contributed by atoms with Crippen LogP contribution in [0.4, 0.5) is 0 Å². The number of fused-ring (bicyclic) bond motifs is 1. The average molecular weight is 359 g/mol. The van der Waals surface area contributed by atoms with Crippen LogP contribution in [0.1, 0.15) is 6.42 Å². The second kappa shape index (κ2) is 6.79. The molecule has 0 bridgehead atoms. The molecule has 0 unspecified atom stereocenters. The lowest BCUT2D eigenvalue weighted by atomic mass is 10.1. The fraction of sp³-hybridized carbons (Fsp3) is 0.167. The summed E-state index contributed by atoms with van der Waals surface area (Å²) in [6.45, 7) is 0.560. The first-order valence-corrected chi connectivity index (χ1v) is 8.23. The molecule has 2 aromatic carbocycles. The summed E-state index contributed by atoms with van der Waals surface area (Å²) in [4.78, 5) is 12.5. The first-order valence-electron chi connectivity index (χ1n) is 7.10. The minimum absolute atomic E-state index is 0.0884. The molecular weight excluding hydrogens is 344 g/mol. The van der Waals surface area contributed by atoms with Gasteiger partial charge in [0.25, 0.3) is 0 Å². The number of halogens is 1. The first-order chi connectivity index (χ1) is 10.8. The minimum atomic E-state index is -0.0884. The summed E-state index contributed by atoms with van der Waals surface area (Å²) in [5, 5.41) is 1.36. The van der Waals surface area contributed by atoms with Crippen LogP contribution >= 0.6 is 15.9 Å². The van der Waals surface area contributed by atoms with Crippen molar-refractivity contribution in [1.82, 2.24) is 0 Å². The van der Waals surface area contributed by atoms with Crippen molar-refractivity contribution in [3.8, 4) is 17.1 Å². The lowest BCUT2D eigenvalue weighted by Gasteiger charge is -2.09. The van der Waals surface area contributed by atoms with Gasteiger partial charge in [-0.05, 0) is 18.6 Å². The Morgan fingerprint density at radius 3 is 2.64 bits per heavy atom. The quantitative estimate of drug-likeness (QED) is 0.493. The maximum Gasteiger partial charge on any atom is 0.197 e. The van der Waals surface area contributed by atoms with Gasteiger partial charge in [-0.2, -0.15) is 0 Å². The zero-order valence-electron chi connectivity index (χ0n) is 11.9. The monoisotopic (exact) mass is 358 g/mol. The molecule has 0 amide bonds. The number of ether oxygens (including phenoxy) is 1. The highest BCUT2D eigenvalue weighted by atomic mass is 79.9. The summed E-state index contributed by atoms with van der Waals surface area (Å²) >= 11 is 3.36. The molecule has 0 aliphatic carbocycles. The Bertz CT molecular complexity index is 825. The maximum absolute atomic E-state index is 12.5. The van der Waals surface area contributed by atoms with Crippen LogP contribution < -0.4 is 10.2 Å². The number of rotatable bonds is 5. The zero-order valence-corrected chi connectivity index (χ0v) is 13.5. The van der Waals surface area contributed by atoms with Crippen molar-refractivity contribution in [2.75, 3.05) is 11.9 Å². The van der Waals surface area contributed by atoms with Crippen molar-refractivity contribution in [2.24, 2.45) is 0 Å². The molecule has 0 saturated heterocycles. The van der Waals surface area contributed by atoms with Crippen molar-refractivity contribution in [3.63, 3.8) is 0 Å². The summed E-state index contributed by atoms with van der Waals surface area (Å²) in [7, 11) is 0. The molecule has 0 spiro atoms. The molecule has 0 atom stereocenters. The molecule has 1 aromatic heterocycles. The largest absolute Gasteiger partial charge is 0.493 e. The Morgan fingerprint density at radius 2 is 1.86 bits per heavy atom. The fourth-order valence-electron chi connectivity index (χ4n) is 2.28. The van der Waals surface area contributed by atoms with Crippen molar-refractivity contribution in [1.29, 1.82) is 0 Å². The third-order valence-electron chi connectivity index (χ3n) is 3.31. The molecule has 22 heavy (non-hydrogen) atoms. The van der Waals surface area contributed by atoms with Gasteiger partial charge in [-0.1, -0.05) is 52.3 Å². The van der Waals surface area contributed by atoms with Crippen LogP contribution in [0.25, 0.3) is 22.3 Å². The fourth-order valence-corrected chi connectivity index (χ4v) is 2.51. The Labute approximate surface area is 136 Å². The number of benzene rings is 2. The molecule has 1 heterocycles. The molecule has 112 valence electrons. The lowest BCUT2D eigenvalue weighted by molar-refractivity contribution is 0.322. The highest BCUT2D eigenvalue weighted by Crippen LogP contribution is 2.27. The highest BCUT2D eigenvalue weighted by molar-refractivity contribution is 9.09. The van der Waals surface area contributed by atoms with Gasteiger partial charge in [-0.3, -0.25) is 4.79 Å². The Kier molecular flexibility index (Phi) is 4.59. The van der Waals surface area contributed by atoms with E-state index in [1.165, 1.54) is 6.07 Å². The molecule has 0 fully saturated rings. The second-order valence-electron chi connectivity index (χ2n) is 4.86. The standard InChI is InChI=1S/C18H15BrO3/c19-10-5-11-21-15-8-4-9-16-18(15)14(20)12-17(22-16)13-6-2-1-3-7-13/h1-4,6-9,12H,5,10-11H2. The van der Waals surface area contributed by atoms with Crippen LogP contribution in [0, 0.1) is 0 Å². The topological polar surface area (TPSA) is 39.4 Å². The van der Waals surface area contributed by atoms with Crippen molar-refractivity contribution in [3.05, 3.63) is 64.8 Å². The van der Waals surface area contributed by atoms with E-state index in [4.69, 9.17) is 9.15 Å². The molecule has 0 radical (unpaired) electrons. The SMILES string of the molecule is O=c1cc(-c2ccccc2)oc2cccc(OCCCBr)c12. The molecule has 3 rings (SSSR count). The van der Waals surface area contributed by atoms with Gasteiger partial charge in [0.1, 0.15) is 22.5 Å². The van der Waals surface area contributed by atoms with E-state index in [9.17, 15) is 4.79 Å². The van der Waals surface area contributed by atoms with Crippen LogP contribution in [0.3, 0.4) is 0 Å². The first kappa shape index (κ1) is 14.9. The number of hydrogen-bond acceptors (Lipinski definition) is 3. The van der Waals surface area contributed by atoms with Gasteiger partial charge in [0.2, 0.25) is 0 Å². The van der Waals surface area contributed by atoms with E-state index < -0.39 is 0 Å². The molecule has 4 heteroatoms. The van der Waals surface area contributed by atoms with Gasteiger partial charge in [-0.15, -0.1) is 0 Å². The third kappa shape index (κ3) is 3.07. The van der Waals surface area contributed by atoms with Gasteiger partial charge in [0, 0.05) is 17.0 Å². The molecule has 3 aromatic rings. The summed E-state index contributed by atoms with van der Waals surface area (Å²) in [5.41, 5.74) is 1.34. The smallest absolute Gasteiger partial charge is 0.197 e. The molecular formula is C18H15BrO3. The van der Waals surface area contributed by atoms with Crippen molar-refractivity contribution >= 4 is 26.9 Å². The van der Waals surface area contributed by atoms with Crippen LogP contribution in [-0.2, 0) is 0 Å². The number of hydrogen-bond donors (Lipinski definition) is 0. The predicted octanol–water partition coefficient (Wildman–Crippen LogP) is 4.62. The van der Waals surface area contributed by atoms with E-state index >= 15 is 0 Å². The van der Waals surface area contributed by atoms with Crippen molar-refractivity contribution < 1.29 is 9.15 Å². The molecule has 3 nitrogen and oxygen atoms in total. The summed E-state index contributed by atoms with van der Waals surface area (Å²) in [6.07, 6.45) is 0.879. The van der Waals surface area contributed by atoms with E-state index in [1.54, 1.807) is 12.1 Å². The van der Waals surface area contributed by atoms with Gasteiger partial charge >= 0.3 is 0 Å². The van der Waals surface area contributed by atoms with E-state index in [0.717, 1.165) is 17.3 Å². The second-order valence-corrected chi connectivity index (χ2v) is 5.65. The summed E-state index contributed by atoms with van der Waals surface area (Å²) in [5.74, 6) is 1.14. The zero-order chi connectivity index (χ0) is 15.4. The van der Waals surface area contributed by atoms with Crippen LogP contribution in [0.15, 0.2) is 63.8 Å². The van der Waals surface area contributed by atoms with Crippen LogP contribution in [0.5, 0.6) is 5.75 Å². The Morgan fingerprint density at radius 1 is 1.05 bits per heavy atom. The Balaban J connectivity index is 2.07. The van der Waals surface area contributed by atoms with E-state index in [0.29, 0.717) is 29.1 Å². The lowest BCUT2D eigenvalue weighted by Crippen LogP contribution is -2.05. The highest BCUT2D eigenvalue weighted by Gasteiger charge is 2.11. The summed E-state index contributed by atoms with van der Waals surface area (Å²) in [6, 6.07) is 16.5. The Hall–Kier alpha value is -2.07.